The van der Waals surface area contributed by atoms with Crippen molar-refractivity contribution in [3.8, 4) is 23.4 Å². The fourth-order valence-corrected chi connectivity index (χ4v) is 2.66. The molecule has 0 aliphatic heterocycles. The molecule has 0 saturated carbocycles. The number of allylic oxidation sites excluding steroid dienone is 1. The van der Waals surface area contributed by atoms with Gasteiger partial charge in [-0.25, -0.2) is 0 Å². The number of fused-ring (bicyclic) bond motifs is 1. The normalized spacial score (nSPS) is 9.88. The Morgan fingerprint density at radius 1 is 1.04 bits per heavy atom. The molecule has 0 unspecified atom stereocenters. The van der Waals surface area contributed by atoms with Crippen molar-refractivity contribution in [2.75, 3.05) is 7.11 Å². The molecule has 0 spiro atoms. The molecule has 0 amide bonds. The van der Waals surface area contributed by atoms with Gasteiger partial charge in [0.1, 0.15) is 12.1 Å². The van der Waals surface area contributed by atoms with E-state index in [1.54, 1.807) is 24.3 Å². The minimum absolute atomic E-state index is 0.108. The quantitative estimate of drug-likeness (QED) is 0.588. The standard InChI is InChI=1S/C20H13N3O2/c1-25-20(15(11-21)12-22)14-7-8-16-18(9-14)23-17(10-19(16)24)13-5-3-2-4-6-13/h2-10H,1H3,(H,23,24). The summed E-state index contributed by atoms with van der Waals surface area (Å²) in [5.74, 6) is 0.179. The first-order valence-electron chi connectivity index (χ1n) is 7.49. The third-order valence-electron chi connectivity index (χ3n) is 3.83. The first-order chi connectivity index (χ1) is 12.2. The average molecular weight is 327 g/mol. The summed E-state index contributed by atoms with van der Waals surface area (Å²) < 4.78 is 5.22. The predicted octanol–water partition coefficient (Wildman–Crippen LogP) is 3.60. The molecule has 0 aliphatic rings. The largest absolute Gasteiger partial charge is 0.494 e. The SMILES string of the molecule is COC(=C(C#N)C#N)c1ccc2c(=O)cc(-c3ccccc3)[nH]c2c1. The van der Waals surface area contributed by atoms with E-state index in [1.165, 1.54) is 7.11 Å². The van der Waals surface area contributed by atoms with Crippen LogP contribution in [0.1, 0.15) is 5.56 Å². The summed E-state index contributed by atoms with van der Waals surface area (Å²) >= 11 is 0. The molecule has 3 aromatic rings. The van der Waals surface area contributed by atoms with Crippen molar-refractivity contribution in [3.63, 3.8) is 0 Å². The number of nitrogens with zero attached hydrogens (tertiary/aromatic N) is 2. The maximum Gasteiger partial charge on any atom is 0.190 e. The number of aromatic nitrogens is 1. The first-order valence-corrected chi connectivity index (χ1v) is 7.49. The van der Waals surface area contributed by atoms with E-state index < -0.39 is 0 Å². The highest BCUT2D eigenvalue weighted by atomic mass is 16.5. The van der Waals surface area contributed by atoms with Crippen molar-refractivity contribution in [3.05, 3.63) is 76.0 Å². The van der Waals surface area contributed by atoms with E-state index in [1.807, 2.05) is 42.5 Å². The number of nitrogens with one attached hydrogen (secondary N) is 1. The molecular weight excluding hydrogens is 314 g/mol. The first kappa shape index (κ1) is 16.0. The lowest BCUT2D eigenvalue weighted by molar-refractivity contribution is 0.369. The van der Waals surface area contributed by atoms with Crippen LogP contribution in [0.2, 0.25) is 0 Å². The van der Waals surface area contributed by atoms with E-state index in [2.05, 4.69) is 4.98 Å². The molecule has 0 bridgehead atoms. The number of nitriles is 2. The van der Waals surface area contributed by atoms with Crippen molar-refractivity contribution in [2.45, 2.75) is 0 Å². The van der Waals surface area contributed by atoms with Crippen molar-refractivity contribution in [2.24, 2.45) is 0 Å². The lowest BCUT2D eigenvalue weighted by Gasteiger charge is -2.09. The molecule has 0 saturated heterocycles. The number of hydrogen-bond donors (Lipinski definition) is 1. The second kappa shape index (κ2) is 6.74. The van der Waals surface area contributed by atoms with Crippen molar-refractivity contribution in [1.82, 2.24) is 4.98 Å². The number of methoxy groups -OCH3 is 1. The second-order valence-electron chi connectivity index (χ2n) is 5.31. The van der Waals surface area contributed by atoms with Gasteiger partial charge < -0.3 is 9.72 Å². The number of H-pyrrole nitrogens is 1. The number of aromatic amines is 1. The molecule has 120 valence electrons. The van der Waals surface area contributed by atoms with Crippen molar-refractivity contribution >= 4 is 16.7 Å². The Bertz CT molecular complexity index is 1100. The summed E-state index contributed by atoms with van der Waals surface area (Å²) in [6.07, 6.45) is 0. The van der Waals surface area contributed by atoms with Gasteiger partial charge in [-0.15, -0.1) is 0 Å². The number of pyridine rings is 1. The van der Waals surface area contributed by atoms with Crippen LogP contribution >= 0.6 is 0 Å². The third kappa shape index (κ3) is 2.99. The van der Waals surface area contributed by atoms with Crippen LogP contribution < -0.4 is 5.43 Å². The maximum atomic E-state index is 12.4. The minimum atomic E-state index is -0.122. The number of benzene rings is 2. The number of ether oxygens (including phenoxy) is 1. The molecule has 1 heterocycles. The highest BCUT2D eigenvalue weighted by molar-refractivity contribution is 5.85. The molecule has 5 heteroatoms. The monoisotopic (exact) mass is 327 g/mol. The molecule has 3 rings (SSSR count). The van der Waals surface area contributed by atoms with Crippen LogP contribution in [0.25, 0.3) is 27.9 Å². The molecule has 5 nitrogen and oxygen atoms in total. The van der Waals surface area contributed by atoms with Crippen LogP contribution in [0, 0.1) is 22.7 Å². The Morgan fingerprint density at radius 2 is 1.76 bits per heavy atom. The summed E-state index contributed by atoms with van der Waals surface area (Å²) in [4.78, 5) is 15.6. The van der Waals surface area contributed by atoms with Crippen LogP contribution in [0.3, 0.4) is 0 Å². The van der Waals surface area contributed by atoms with Gasteiger partial charge in [0, 0.05) is 22.7 Å². The summed E-state index contributed by atoms with van der Waals surface area (Å²) in [6.45, 7) is 0. The van der Waals surface area contributed by atoms with Crippen LogP contribution in [-0.4, -0.2) is 12.1 Å². The Morgan fingerprint density at radius 3 is 2.40 bits per heavy atom. The smallest absolute Gasteiger partial charge is 0.190 e. The maximum absolute atomic E-state index is 12.4. The molecule has 25 heavy (non-hydrogen) atoms. The fraction of sp³-hybridized carbons (Fsp3) is 0.0500. The summed E-state index contributed by atoms with van der Waals surface area (Å²) in [5.41, 5.74) is 2.51. The Kier molecular flexibility index (Phi) is 4.32. The predicted molar refractivity (Wildman–Crippen MR) is 95.2 cm³/mol. The van der Waals surface area contributed by atoms with Gasteiger partial charge in [0.25, 0.3) is 0 Å². The van der Waals surface area contributed by atoms with Crippen molar-refractivity contribution < 1.29 is 4.74 Å². The zero-order chi connectivity index (χ0) is 17.8. The zero-order valence-corrected chi connectivity index (χ0v) is 13.4. The van der Waals surface area contributed by atoms with E-state index in [-0.39, 0.29) is 16.8 Å². The van der Waals surface area contributed by atoms with Crippen LogP contribution in [-0.2, 0) is 4.74 Å². The van der Waals surface area contributed by atoms with E-state index in [4.69, 9.17) is 15.3 Å². The van der Waals surface area contributed by atoms with Crippen LogP contribution in [0.5, 0.6) is 0 Å². The Labute approximate surface area is 144 Å². The zero-order valence-electron chi connectivity index (χ0n) is 13.4. The molecule has 1 aromatic heterocycles. The lowest BCUT2D eigenvalue weighted by atomic mass is 10.0. The van der Waals surface area contributed by atoms with Gasteiger partial charge in [0.15, 0.2) is 16.8 Å². The van der Waals surface area contributed by atoms with Crippen molar-refractivity contribution in [1.29, 1.82) is 10.5 Å². The second-order valence-corrected chi connectivity index (χ2v) is 5.31. The Balaban J connectivity index is 2.24. The average Bonchev–Trinajstić information content (AvgIpc) is 2.66. The molecule has 0 fully saturated rings. The lowest BCUT2D eigenvalue weighted by Crippen LogP contribution is -2.04. The molecule has 1 N–H and O–H groups in total. The van der Waals surface area contributed by atoms with E-state index >= 15 is 0 Å². The van der Waals surface area contributed by atoms with Gasteiger partial charge in [0.2, 0.25) is 0 Å². The third-order valence-corrected chi connectivity index (χ3v) is 3.83. The molecule has 2 aromatic carbocycles. The van der Waals surface area contributed by atoms with Gasteiger partial charge in [-0.05, 0) is 17.7 Å². The highest BCUT2D eigenvalue weighted by Gasteiger charge is 2.12. The van der Waals surface area contributed by atoms with Gasteiger partial charge >= 0.3 is 0 Å². The Hall–Kier alpha value is -3.83. The fourth-order valence-electron chi connectivity index (χ4n) is 2.66. The molecular formula is C20H13N3O2. The van der Waals surface area contributed by atoms with Gasteiger partial charge in [-0.3, -0.25) is 4.79 Å². The summed E-state index contributed by atoms with van der Waals surface area (Å²) in [5, 5.41) is 18.7. The molecule has 0 aliphatic carbocycles. The van der Waals surface area contributed by atoms with Gasteiger partial charge in [0.05, 0.1) is 12.6 Å². The van der Waals surface area contributed by atoms with E-state index in [9.17, 15) is 4.79 Å². The number of hydrogen-bond acceptors (Lipinski definition) is 4. The summed E-state index contributed by atoms with van der Waals surface area (Å²) in [7, 11) is 1.40. The van der Waals surface area contributed by atoms with Gasteiger partial charge in [-0.2, -0.15) is 10.5 Å². The topological polar surface area (TPSA) is 89.7 Å². The number of rotatable bonds is 3. The van der Waals surface area contributed by atoms with Crippen LogP contribution in [0.4, 0.5) is 0 Å². The van der Waals surface area contributed by atoms with Crippen LogP contribution in [0.15, 0.2) is 65.0 Å². The summed E-state index contributed by atoms with van der Waals surface area (Å²) in [6, 6.07) is 19.7. The molecule has 0 radical (unpaired) electrons. The molecule has 0 atom stereocenters. The van der Waals surface area contributed by atoms with E-state index in [0.29, 0.717) is 22.2 Å². The minimum Gasteiger partial charge on any atom is -0.494 e. The van der Waals surface area contributed by atoms with E-state index in [0.717, 1.165) is 5.56 Å². The van der Waals surface area contributed by atoms with Gasteiger partial charge in [-0.1, -0.05) is 36.4 Å². The highest BCUT2D eigenvalue weighted by Crippen LogP contribution is 2.24.